The van der Waals surface area contributed by atoms with Crippen molar-refractivity contribution in [3.8, 4) is 11.5 Å². The lowest BCUT2D eigenvalue weighted by atomic mass is 9.78. The van der Waals surface area contributed by atoms with Gasteiger partial charge in [0.2, 0.25) is 0 Å². The molecule has 0 heterocycles. The Balaban J connectivity index is 2.35. The third-order valence-corrected chi connectivity index (χ3v) is 3.87. The zero-order chi connectivity index (χ0) is 15.3. The first-order valence-electron chi connectivity index (χ1n) is 7.00. The van der Waals surface area contributed by atoms with Gasteiger partial charge < -0.3 is 14.6 Å². The molecule has 0 spiro atoms. The topological polar surface area (TPSA) is 38.7 Å². The summed E-state index contributed by atoms with van der Waals surface area (Å²) in [6.45, 7) is 2.12. The van der Waals surface area contributed by atoms with Crippen molar-refractivity contribution < 1.29 is 14.6 Å². The molecule has 3 nitrogen and oxygen atoms in total. The normalized spacial score (nSPS) is 13.5. The standard InChI is InChI=1S/C18H22O3/c1-18(13-19,12-14-7-5-4-6-8-14)15-9-10-16(20-2)17(11-15)21-3/h4-11,19H,12-13H2,1-3H3. The smallest absolute Gasteiger partial charge is 0.161 e. The Bertz CT molecular complexity index is 580. The van der Waals surface area contributed by atoms with Gasteiger partial charge in [0.15, 0.2) is 11.5 Å². The van der Waals surface area contributed by atoms with E-state index in [1.807, 2.05) is 36.4 Å². The Hall–Kier alpha value is -2.00. The van der Waals surface area contributed by atoms with Crippen molar-refractivity contribution in [2.75, 3.05) is 20.8 Å². The Morgan fingerprint density at radius 3 is 2.19 bits per heavy atom. The van der Waals surface area contributed by atoms with Crippen molar-refractivity contribution in [1.82, 2.24) is 0 Å². The summed E-state index contributed by atoms with van der Waals surface area (Å²) in [6.07, 6.45) is 0.764. The summed E-state index contributed by atoms with van der Waals surface area (Å²) < 4.78 is 10.6. The molecule has 0 saturated carbocycles. The van der Waals surface area contributed by atoms with E-state index in [0.717, 1.165) is 12.0 Å². The van der Waals surface area contributed by atoms with Crippen LogP contribution in [-0.4, -0.2) is 25.9 Å². The van der Waals surface area contributed by atoms with Gasteiger partial charge in [0.05, 0.1) is 20.8 Å². The number of rotatable bonds is 6. The first kappa shape index (κ1) is 15.4. The number of hydrogen-bond acceptors (Lipinski definition) is 3. The molecular weight excluding hydrogens is 264 g/mol. The van der Waals surface area contributed by atoms with Crippen molar-refractivity contribution in [1.29, 1.82) is 0 Å². The Kier molecular flexibility index (Phi) is 4.86. The molecule has 21 heavy (non-hydrogen) atoms. The third kappa shape index (κ3) is 3.37. The van der Waals surface area contributed by atoms with Crippen molar-refractivity contribution >= 4 is 0 Å². The molecular formula is C18H22O3. The second-order valence-corrected chi connectivity index (χ2v) is 5.45. The lowest BCUT2D eigenvalue weighted by Gasteiger charge is -2.29. The van der Waals surface area contributed by atoms with Crippen LogP contribution in [-0.2, 0) is 11.8 Å². The maximum atomic E-state index is 9.92. The number of hydrogen-bond donors (Lipinski definition) is 1. The predicted octanol–water partition coefficient (Wildman–Crippen LogP) is 3.20. The minimum absolute atomic E-state index is 0.0668. The maximum Gasteiger partial charge on any atom is 0.161 e. The highest BCUT2D eigenvalue weighted by molar-refractivity contribution is 5.45. The first-order chi connectivity index (χ1) is 10.1. The molecule has 0 fully saturated rings. The molecule has 2 aromatic carbocycles. The highest BCUT2D eigenvalue weighted by Gasteiger charge is 2.27. The molecule has 2 aromatic rings. The second-order valence-electron chi connectivity index (χ2n) is 5.45. The van der Waals surface area contributed by atoms with E-state index in [9.17, 15) is 5.11 Å². The van der Waals surface area contributed by atoms with E-state index in [4.69, 9.17) is 9.47 Å². The Labute approximate surface area is 126 Å². The van der Waals surface area contributed by atoms with Crippen LogP contribution in [0, 0.1) is 0 Å². The summed E-state index contributed by atoms with van der Waals surface area (Å²) in [7, 11) is 3.24. The van der Waals surface area contributed by atoms with E-state index in [2.05, 4.69) is 19.1 Å². The van der Waals surface area contributed by atoms with Gasteiger partial charge in [0, 0.05) is 5.41 Å². The first-order valence-corrected chi connectivity index (χ1v) is 7.00. The average molecular weight is 286 g/mol. The van der Waals surface area contributed by atoms with Crippen LogP contribution in [0.5, 0.6) is 11.5 Å². The summed E-state index contributed by atoms with van der Waals surface area (Å²) in [5, 5.41) is 9.92. The van der Waals surface area contributed by atoms with E-state index < -0.39 is 0 Å². The minimum Gasteiger partial charge on any atom is -0.493 e. The number of ether oxygens (including phenoxy) is 2. The molecule has 0 radical (unpaired) electrons. The summed E-state index contributed by atoms with van der Waals surface area (Å²) in [6, 6.07) is 16.0. The fourth-order valence-corrected chi connectivity index (χ4v) is 2.51. The van der Waals surface area contributed by atoms with Crippen LogP contribution in [0.4, 0.5) is 0 Å². The number of aliphatic hydroxyl groups is 1. The molecule has 0 aliphatic rings. The quantitative estimate of drug-likeness (QED) is 0.886. The lowest BCUT2D eigenvalue weighted by Crippen LogP contribution is -2.29. The third-order valence-electron chi connectivity index (χ3n) is 3.87. The van der Waals surface area contributed by atoms with Crippen LogP contribution in [0.2, 0.25) is 0 Å². The van der Waals surface area contributed by atoms with Crippen LogP contribution in [0.15, 0.2) is 48.5 Å². The molecule has 1 unspecified atom stereocenters. The molecule has 0 saturated heterocycles. The van der Waals surface area contributed by atoms with Gasteiger partial charge in [0.25, 0.3) is 0 Å². The van der Waals surface area contributed by atoms with Crippen molar-refractivity contribution in [3.63, 3.8) is 0 Å². The summed E-state index contributed by atoms with van der Waals surface area (Å²) in [5.74, 6) is 1.38. The Morgan fingerprint density at radius 1 is 0.952 bits per heavy atom. The monoisotopic (exact) mass is 286 g/mol. The van der Waals surface area contributed by atoms with E-state index in [0.29, 0.717) is 11.5 Å². The molecule has 0 amide bonds. The van der Waals surface area contributed by atoms with Gasteiger partial charge >= 0.3 is 0 Å². The van der Waals surface area contributed by atoms with Crippen LogP contribution in [0.1, 0.15) is 18.1 Å². The van der Waals surface area contributed by atoms with E-state index in [1.54, 1.807) is 14.2 Å². The van der Waals surface area contributed by atoms with Crippen LogP contribution in [0.25, 0.3) is 0 Å². The zero-order valence-corrected chi connectivity index (χ0v) is 12.8. The summed E-state index contributed by atoms with van der Waals surface area (Å²) in [5.41, 5.74) is 1.87. The van der Waals surface area contributed by atoms with Gasteiger partial charge in [-0.2, -0.15) is 0 Å². The average Bonchev–Trinajstić information content (AvgIpc) is 2.54. The number of methoxy groups -OCH3 is 2. The molecule has 0 aliphatic heterocycles. The van der Waals surface area contributed by atoms with Gasteiger partial charge in [-0.25, -0.2) is 0 Å². The largest absolute Gasteiger partial charge is 0.493 e. The number of aliphatic hydroxyl groups excluding tert-OH is 1. The van der Waals surface area contributed by atoms with E-state index >= 15 is 0 Å². The summed E-state index contributed by atoms with van der Waals surface area (Å²) >= 11 is 0. The molecule has 1 N–H and O–H groups in total. The highest BCUT2D eigenvalue weighted by Crippen LogP contribution is 2.35. The lowest BCUT2D eigenvalue weighted by molar-refractivity contribution is 0.204. The van der Waals surface area contributed by atoms with E-state index in [-0.39, 0.29) is 12.0 Å². The molecule has 0 aliphatic carbocycles. The fraction of sp³-hybridized carbons (Fsp3) is 0.333. The highest BCUT2D eigenvalue weighted by atomic mass is 16.5. The second kappa shape index (κ2) is 6.64. The van der Waals surface area contributed by atoms with Gasteiger partial charge in [-0.3, -0.25) is 0 Å². The van der Waals surface area contributed by atoms with Gasteiger partial charge in [-0.1, -0.05) is 43.3 Å². The van der Waals surface area contributed by atoms with Gasteiger partial charge in [0.1, 0.15) is 0 Å². The van der Waals surface area contributed by atoms with Gasteiger partial charge in [-0.15, -0.1) is 0 Å². The van der Waals surface area contributed by atoms with Gasteiger partial charge in [-0.05, 0) is 29.7 Å². The van der Waals surface area contributed by atoms with Crippen molar-refractivity contribution in [2.45, 2.75) is 18.8 Å². The molecule has 2 rings (SSSR count). The fourth-order valence-electron chi connectivity index (χ4n) is 2.51. The maximum absolute atomic E-state index is 9.92. The van der Waals surface area contributed by atoms with Crippen molar-refractivity contribution in [2.24, 2.45) is 0 Å². The van der Waals surface area contributed by atoms with Crippen molar-refractivity contribution in [3.05, 3.63) is 59.7 Å². The zero-order valence-electron chi connectivity index (χ0n) is 12.8. The number of benzene rings is 2. The molecule has 1 atom stereocenters. The van der Waals surface area contributed by atoms with Crippen LogP contribution < -0.4 is 9.47 Å². The molecule has 0 aromatic heterocycles. The SMILES string of the molecule is COc1ccc(C(C)(CO)Cc2ccccc2)cc1OC. The molecule has 3 heteroatoms. The minimum atomic E-state index is -0.360. The predicted molar refractivity (Wildman–Crippen MR) is 84.1 cm³/mol. The summed E-state index contributed by atoms with van der Waals surface area (Å²) in [4.78, 5) is 0. The van der Waals surface area contributed by atoms with E-state index in [1.165, 1.54) is 5.56 Å². The Morgan fingerprint density at radius 2 is 1.62 bits per heavy atom. The molecule has 112 valence electrons. The molecule has 0 bridgehead atoms. The van der Waals surface area contributed by atoms with Crippen LogP contribution in [0.3, 0.4) is 0 Å². The van der Waals surface area contributed by atoms with Crippen LogP contribution >= 0.6 is 0 Å².